The number of nitrogens with two attached hydrogens (primary N) is 1. The van der Waals surface area contributed by atoms with Crippen molar-refractivity contribution in [3.8, 4) is 0 Å². The lowest BCUT2D eigenvalue weighted by molar-refractivity contribution is 0.595. The van der Waals surface area contributed by atoms with Gasteiger partial charge in [0.15, 0.2) is 5.13 Å². The number of hydrogen-bond donors (Lipinski definition) is 3. The summed E-state index contributed by atoms with van der Waals surface area (Å²) in [5.74, 6) is 0. The van der Waals surface area contributed by atoms with Gasteiger partial charge in [-0.15, -0.1) is 11.3 Å². The molecular formula is C12H17N5O2S2. The molecule has 0 aliphatic heterocycles. The van der Waals surface area contributed by atoms with Crippen molar-refractivity contribution in [2.75, 3.05) is 4.72 Å². The first kappa shape index (κ1) is 14.5. The van der Waals surface area contributed by atoms with E-state index in [-0.39, 0.29) is 11.6 Å². The number of nitrogens with one attached hydrogen (secondary N) is 2. The van der Waals surface area contributed by atoms with Crippen LogP contribution in [-0.2, 0) is 29.4 Å². The van der Waals surface area contributed by atoms with Gasteiger partial charge in [0.25, 0.3) is 10.0 Å². The van der Waals surface area contributed by atoms with Gasteiger partial charge in [0.2, 0.25) is 5.03 Å². The van der Waals surface area contributed by atoms with Gasteiger partial charge in [-0.2, -0.15) is 13.5 Å². The van der Waals surface area contributed by atoms with E-state index in [9.17, 15) is 8.42 Å². The number of aryl methyl sites for hydroxylation is 3. The zero-order chi connectivity index (χ0) is 15.0. The molecule has 0 amide bonds. The molecule has 0 unspecified atom stereocenters. The van der Waals surface area contributed by atoms with E-state index in [0.717, 1.165) is 31.4 Å². The van der Waals surface area contributed by atoms with Gasteiger partial charge in [0, 0.05) is 22.7 Å². The van der Waals surface area contributed by atoms with E-state index in [2.05, 4.69) is 19.9 Å². The largest absolute Gasteiger partial charge is 0.326 e. The molecule has 21 heavy (non-hydrogen) atoms. The Hall–Kier alpha value is -1.45. The third kappa shape index (κ3) is 2.68. The van der Waals surface area contributed by atoms with E-state index in [4.69, 9.17) is 5.73 Å². The first-order chi connectivity index (χ1) is 10.0. The summed E-state index contributed by atoms with van der Waals surface area (Å²) in [5, 5.41) is 6.88. The molecule has 2 aromatic heterocycles. The van der Waals surface area contributed by atoms with Crippen molar-refractivity contribution in [3.63, 3.8) is 0 Å². The van der Waals surface area contributed by atoms with Crippen LogP contribution in [0.25, 0.3) is 0 Å². The summed E-state index contributed by atoms with van der Waals surface area (Å²) in [7, 11) is -3.76. The summed E-state index contributed by atoms with van der Waals surface area (Å²) < 4.78 is 27.4. The maximum atomic E-state index is 12.4. The molecule has 0 bridgehead atoms. The number of thiazole rings is 1. The van der Waals surface area contributed by atoms with Crippen LogP contribution < -0.4 is 10.5 Å². The fourth-order valence-electron chi connectivity index (χ4n) is 2.45. The van der Waals surface area contributed by atoms with Gasteiger partial charge < -0.3 is 5.73 Å². The van der Waals surface area contributed by atoms with Crippen LogP contribution in [0, 0.1) is 6.92 Å². The fraction of sp³-hybridized carbons (Fsp3) is 0.500. The van der Waals surface area contributed by atoms with Crippen LogP contribution in [0.5, 0.6) is 0 Å². The number of H-pyrrole nitrogens is 1. The maximum Gasteiger partial charge on any atom is 0.283 e. The normalized spacial score (nSPS) is 15.0. The topological polar surface area (TPSA) is 114 Å². The fourth-order valence-corrected chi connectivity index (χ4v) is 4.95. The van der Waals surface area contributed by atoms with E-state index in [1.807, 2.05) is 0 Å². The Morgan fingerprint density at radius 1 is 1.38 bits per heavy atom. The van der Waals surface area contributed by atoms with Gasteiger partial charge in [-0.1, -0.05) is 0 Å². The molecule has 2 heterocycles. The number of nitrogens with zero attached hydrogens (tertiary/aromatic N) is 2. The molecule has 1 aliphatic carbocycles. The van der Waals surface area contributed by atoms with Crippen LogP contribution in [-0.4, -0.2) is 23.6 Å². The smallest absolute Gasteiger partial charge is 0.283 e. The van der Waals surface area contributed by atoms with Crippen LogP contribution in [0.4, 0.5) is 5.13 Å². The standard InChI is InChI=1S/C12H17N5O2S2/c1-7-8(6-13)11(16-15-7)21(18,19)17-12-14-9-4-2-3-5-10(9)20-12/h2-6,13H2,1H3,(H,14,17)(H,15,16). The predicted molar refractivity (Wildman–Crippen MR) is 80.8 cm³/mol. The quantitative estimate of drug-likeness (QED) is 0.783. The number of rotatable bonds is 4. The van der Waals surface area contributed by atoms with Crippen molar-refractivity contribution < 1.29 is 8.42 Å². The van der Waals surface area contributed by atoms with Crippen LogP contribution >= 0.6 is 11.3 Å². The van der Waals surface area contributed by atoms with E-state index in [1.54, 1.807) is 6.92 Å². The van der Waals surface area contributed by atoms with Gasteiger partial charge >= 0.3 is 0 Å². The summed E-state index contributed by atoms with van der Waals surface area (Å²) in [6.45, 7) is 1.86. The van der Waals surface area contributed by atoms with E-state index >= 15 is 0 Å². The SMILES string of the molecule is Cc1[nH]nc(S(=O)(=O)Nc2nc3c(s2)CCCC3)c1CN. The zero-order valence-corrected chi connectivity index (χ0v) is 13.3. The molecule has 9 heteroatoms. The third-order valence-electron chi connectivity index (χ3n) is 3.56. The molecular weight excluding hydrogens is 310 g/mol. The molecule has 1 aliphatic rings. The van der Waals surface area contributed by atoms with Crippen molar-refractivity contribution in [1.82, 2.24) is 15.2 Å². The first-order valence-corrected chi connectivity index (χ1v) is 9.06. The summed E-state index contributed by atoms with van der Waals surface area (Å²) in [6.07, 6.45) is 4.14. The second-order valence-corrected chi connectivity index (χ2v) is 7.72. The minimum atomic E-state index is -3.76. The van der Waals surface area contributed by atoms with Gasteiger partial charge in [-0.05, 0) is 32.6 Å². The summed E-state index contributed by atoms with van der Waals surface area (Å²) in [5.41, 5.74) is 7.78. The predicted octanol–water partition coefficient (Wildman–Crippen LogP) is 1.31. The number of sulfonamides is 1. The highest BCUT2D eigenvalue weighted by Gasteiger charge is 2.25. The molecule has 4 N–H and O–H groups in total. The van der Waals surface area contributed by atoms with Gasteiger partial charge in [0.05, 0.1) is 5.69 Å². The highest BCUT2D eigenvalue weighted by atomic mass is 32.2. The van der Waals surface area contributed by atoms with E-state index < -0.39 is 10.0 Å². The minimum Gasteiger partial charge on any atom is -0.326 e. The number of aromatic nitrogens is 3. The van der Waals surface area contributed by atoms with Crippen LogP contribution in [0.1, 0.15) is 34.7 Å². The Labute approximate surface area is 127 Å². The zero-order valence-electron chi connectivity index (χ0n) is 11.6. The lowest BCUT2D eigenvalue weighted by Gasteiger charge is -2.06. The van der Waals surface area contributed by atoms with Crippen molar-refractivity contribution in [1.29, 1.82) is 0 Å². The second kappa shape index (κ2) is 5.39. The lowest BCUT2D eigenvalue weighted by Crippen LogP contribution is -2.16. The lowest BCUT2D eigenvalue weighted by atomic mass is 10.0. The molecule has 3 rings (SSSR count). The molecule has 0 spiro atoms. The van der Waals surface area contributed by atoms with Crippen molar-refractivity contribution in [2.45, 2.75) is 44.2 Å². The molecule has 0 fully saturated rings. The molecule has 7 nitrogen and oxygen atoms in total. The molecule has 114 valence electrons. The summed E-state index contributed by atoms with van der Waals surface area (Å²) >= 11 is 1.41. The Balaban J connectivity index is 1.90. The van der Waals surface area contributed by atoms with E-state index in [0.29, 0.717) is 16.4 Å². The highest BCUT2D eigenvalue weighted by molar-refractivity contribution is 7.92. The summed E-state index contributed by atoms with van der Waals surface area (Å²) in [6, 6.07) is 0. The molecule has 0 aromatic carbocycles. The van der Waals surface area contributed by atoms with Gasteiger partial charge in [0.1, 0.15) is 0 Å². The van der Waals surface area contributed by atoms with Crippen molar-refractivity contribution >= 4 is 26.5 Å². The number of aromatic amines is 1. The maximum absolute atomic E-state index is 12.4. The van der Waals surface area contributed by atoms with Crippen molar-refractivity contribution in [2.24, 2.45) is 5.73 Å². The van der Waals surface area contributed by atoms with Gasteiger partial charge in [-0.25, -0.2) is 4.98 Å². The van der Waals surface area contributed by atoms with E-state index in [1.165, 1.54) is 16.2 Å². The average Bonchev–Trinajstić information content (AvgIpc) is 3.00. The monoisotopic (exact) mass is 327 g/mol. The number of fused-ring (bicyclic) bond motifs is 1. The highest BCUT2D eigenvalue weighted by Crippen LogP contribution is 2.31. The van der Waals surface area contributed by atoms with Crippen LogP contribution in [0.2, 0.25) is 0 Å². The Kier molecular flexibility index (Phi) is 3.72. The Bertz CT molecular complexity index is 739. The molecule has 2 aromatic rings. The minimum absolute atomic E-state index is 0.0457. The molecule has 0 saturated carbocycles. The second-order valence-electron chi connectivity index (χ2n) is 5.04. The van der Waals surface area contributed by atoms with Crippen LogP contribution in [0.3, 0.4) is 0 Å². The van der Waals surface area contributed by atoms with Crippen LogP contribution in [0.15, 0.2) is 5.03 Å². The molecule has 0 atom stereocenters. The first-order valence-electron chi connectivity index (χ1n) is 6.76. The summed E-state index contributed by atoms with van der Waals surface area (Å²) in [4.78, 5) is 5.56. The molecule has 0 saturated heterocycles. The molecule has 0 radical (unpaired) electrons. The average molecular weight is 327 g/mol. The number of hydrogen-bond acceptors (Lipinski definition) is 6. The Morgan fingerprint density at radius 3 is 2.86 bits per heavy atom. The number of anilines is 1. The third-order valence-corrected chi connectivity index (χ3v) is 6.07. The van der Waals surface area contributed by atoms with Crippen molar-refractivity contribution in [3.05, 3.63) is 21.8 Å². The van der Waals surface area contributed by atoms with Gasteiger partial charge in [-0.3, -0.25) is 9.82 Å². The Morgan fingerprint density at radius 2 is 2.14 bits per heavy atom.